The van der Waals surface area contributed by atoms with Gasteiger partial charge >= 0.3 is 23.6 Å². The van der Waals surface area contributed by atoms with Gasteiger partial charge in [0.25, 0.3) is 0 Å². The van der Waals surface area contributed by atoms with Gasteiger partial charge in [-0.2, -0.15) is 9.13 Å². The van der Waals surface area contributed by atoms with E-state index >= 15 is 0 Å². The van der Waals surface area contributed by atoms with Crippen LogP contribution in [-0.4, -0.2) is 53.7 Å². The predicted molar refractivity (Wildman–Crippen MR) is 189 cm³/mol. The molecule has 0 saturated heterocycles. The Morgan fingerprint density at radius 3 is 1.36 bits per heavy atom. The molecular weight excluding hydrogens is 691 g/mol. The van der Waals surface area contributed by atoms with Gasteiger partial charge in [-0.3, -0.25) is 9.13 Å². The average Bonchev–Trinajstić information content (AvgIpc) is 3.45. The quantitative estimate of drug-likeness (QED) is 0.235. The first-order chi connectivity index (χ1) is 23.4. The molecule has 0 fully saturated rings. The molecule has 2 unspecified atom stereocenters. The van der Waals surface area contributed by atoms with E-state index < -0.39 is 46.9 Å². The van der Waals surface area contributed by atoms with Crippen LogP contribution in [0.5, 0.6) is 11.5 Å². The van der Waals surface area contributed by atoms with Gasteiger partial charge in [-0.15, -0.1) is 0 Å². The minimum atomic E-state index is -0.823. The number of aromatic nitrogens is 4. The molecule has 0 bridgehead atoms. The van der Waals surface area contributed by atoms with Crippen molar-refractivity contribution in [3.63, 3.8) is 0 Å². The van der Waals surface area contributed by atoms with Gasteiger partial charge < -0.3 is 29.6 Å². The zero-order chi connectivity index (χ0) is 36.2. The number of rotatable bonds is 2. The number of nitrogens with zero attached hydrogens (tertiary/aromatic N) is 4. The maximum absolute atomic E-state index is 13.4. The van der Waals surface area contributed by atoms with Crippen molar-refractivity contribution in [1.29, 1.82) is 0 Å². The van der Waals surface area contributed by atoms with E-state index in [0.29, 0.717) is 69.5 Å². The molecule has 50 heavy (non-hydrogen) atoms. The molecule has 0 radical (unpaired) electrons. The highest BCUT2D eigenvalue weighted by atomic mass is 35.5. The van der Waals surface area contributed by atoms with E-state index in [2.05, 4.69) is 10.6 Å². The molecular formula is C34H36Cl2N6O8. The molecule has 7 rings (SSSR count). The van der Waals surface area contributed by atoms with Crippen LogP contribution in [0.25, 0.3) is 22.1 Å². The monoisotopic (exact) mass is 726 g/mol. The van der Waals surface area contributed by atoms with Crippen molar-refractivity contribution in [3.05, 3.63) is 66.8 Å². The lowest BCUT2D eigenvalue weighted by atomic mass is 9.98. The van der Waals surface area contributed by atoms with E-state index in [4.69, 9.17) is 42.1 Å². The van der Waals surface area contributed by atoms with Crippen LogP contribution in [0, 0.1) is 0 Å². The Kier molecular flexibility index (Phi) is 7.64. The van der Waals surface area contributed by atoms with Crippen LogP contribution < -0.4 is 31.5 Å². The second kappa shape index (κ2) is 11.4. The summed E-state index contributed by atoms with van der Waals surface area (Å²) in [7, 11) is 0. The maximum atomic E-state index is 13.4. The summed E-state index contributed by atoms with van der Waals surface area (Å²) in [5, 5.41) is 7.16. The molecule has 264 valence electrons. The number of benzene rings is 2. The van der Waals surface area contributed by atoms with E-state index in [1.54, 1.807) is 79.7 Å². The zero-order valence-electron chi connectivity index (χ0n) is 28.7. The summed E-state index contributed by atoms with van der Waals surface area (Å²) < 4.78 is 28.7. The molecule has 2 aromatic heterocycles. The summed E-state index contributed by atoms with van der Waals surface area (Å²) >= 11 is 14.0. The number of hydrogen-bond donors (Lipinski definition) is 2. The molecule has 0 spiro atoms. The molecule has 2 aliphatic heterocycles. The van der Waals surface area contributed by atoms with Gasteiger partial charge in [0.05, 0.1) is 43.5 Å². The summed E-state index contributed by atoms with van der Waals surface area (Å²) in [6.45, 7) is 14.5. The van der Waals surface area contributed by atoms with Crippen LogP contribution in [0.2, 0.25) is 0 Å². The summed E-state index contributed by atoms with van der Waals surface area (Å²) in [5.41, 5.74) is -0.247. The smallest absolute Gasteiger partial charge is 0.423 e. The molecule has 4 aromatic rings. The summed E-state index contributed by atoms with van der Waals surface area (Å²) in [6.07, 6.45) is -1.60. The highest BCUT2D eigenvalue weighted by molar-refractivity contribution is 6.34. The Morgan fingerprint density at radius 1 is 0.680 bits per heavy atom. The summed E-state index contributed by atoms with van der Waals surface area (Å²) in [5.74, 6) is 1.33. The van der Waals surface area contributed by atoms with E-state index in [0.717, 1.165) is 9.13 Å². The first-order valence-electron chi connectivity index (χ1n) is 16.2. The van der Waals surface area contributed by atoms with Crippen LogP contribution in [0.15, 0.2) is 55.4 Å². The van der Waals surface area contributed by atoms with Gasteiger partial charge in [-0.25, -0.2) is 19.2 Å². The van der Waals surface area contributed by atoms with E-state index in [1.807, 2.05) is 0 Å². The van der Waals surface area contributed by atoms with Gasteiger partial charge in [0, 0.05) is 25.2 Å². The molecule has 2 N–H and O–H groups in total. The number of ether oxygens (including phenoxy) is 4. The number of aryl methyl sites for hydroxylation is 2. The Hall–Kier alpha value is -4.82. The Labute approximate surface area is 295 Å². The minimum Gasteiger partial charge on any atom is -0.456 e. The fourth-order valence-corrected chi connectivity index (χ4v) is 6.95. The lowest BCUT2D eigenvalue weighted by molar-refractivity contribution is 0.0525. The Morgan fingerprint density at radius 2 is 1.04 bits per heavy atom. The lowest BCUT2D eigenvalue weighted by Crippen LogP contribution is -2.42. The third-order valence-corrected chi connectivity index (χ3v) is 9.20. The molecule has 3 aliphatic rings. The fourth-order valence-electron chi connectivity index (χ4n) is 6.34. The largest absolute Gasteiger partial charge is 0.456 e. The van der Waals surface area contributed by atoms with Crippen molar-refractivity contribution in [2.24, 2.45) is 0 Å². The zero-order valence-corrected chi connectivity index (χ0v) is 30.2. The normalized spacial score (nSPS) is 18.4. The van der Waals surface area contributed by atoms with Crippen LogP contribution in [0.4, 0.5) is 21.0 Å². The van der Waals surface area contributed by atoms with E-state index in [-0.39, 0.29) is 10.1 Å². The highest BCUT2D eigenvalue weighted by Gasteiger charge is 2.44. The molecule has 14 nitrogen and oxygen atoms in total. The topological polar surface area (TPSA) is 149 Å². The van der Waals surface area contributed by atoms with Crippen molar-refractivity contribution in [2.45, 2.75) is 91.8 Å². The molecule has 0 amide bonds. The molecule has 1 aliphatic carbocycles. The summed E-state index contributed by atoms with van der Waals surface area (Å²) in [4.78, 5) is 53.1. The molecule has 16 heteroatoms. The number of fused-ring (bicyclic) bond motifs is 6. The Balaban J connectivity index is 1.30. The van der Waals surface area contributed by atoms with Gasteiger partial charge in [0.1, 0.15) is 34.8 Å². The standard InChI is InChI=1S/C34H36Cl2N6O8/c1-9-39-17-13-21-15(11-19(17)41(29(39)43)31(45)49-33(3,4)5)37-25-24(36)28-26(23(35)27(25)47-21)38-16-12-20-18(14-22(16)48-28)40(10-2)30(44)42(20)32(46)50-34(6,7)8/h11-14,25-26,37-38H,9-10H2,1-8H3. The van der Waals surface area contributed by atoms with Gasteiger partial charge in [-0.05, 0) is 67.5 Å². The second-order valence-electron chi connectivity index (χ2n) is 14.1. The first-order valence-corrected chi connectivity index (χ1v) is 16.9. The number of anilines is 2. The van der Waals surface area contributed by atoms with Crippen LogP contribution in [0.3, 0.4) is 0 Å². The minimum absolute atomic E-state index is 0.244. The van der Waals surface area contributed by atoms with Crippen LogP contribution >= 0.6 is 23.2 Å². The maximum Gasteiger partial charge on any atom is 0.423 e. The highest BCUT2D eigenvalue weighted by Crippen LogP contribution is 2.48. The van der Waals surface area contributed by atoms with Crippen molar-refractivity contribution in [1.82, 2.24) is 18.3 Å². The van der Waals surface area contributed by atoms with Crippen LogP contribution in [-0.2, 0) is 22.6 Å². The fraction of sp³-hybridized carbons (Fsp3) is 0.412. The molecule has 2 atom stereocenters. The Bertz CT molecular complexity index is 2180. The van der Waals surface area contributed by atoms with Gasteiger partial charge in [0.15, 0.2) is 11.5 Å². The number of nitrogens with one attached hydrogen (secondary N) is 2. The molecule has 4 heterocycles. The second-order valence-corrected chi connectivity index (χ2v) is 15.0. The third-order valence-electron chi connectivity index (χ3n) is 8.39. The van der Waals surface area contributed by atoms with Crippen LogP contribution in [0.1, 0.15) is 55.4 Å². The number of halogens is 2. The van der Waals surface area contributed by atoms with Crippen molar-refractivity contribution < 1.29 is 28.5 Å². The molecule has 0 saturated carbocycles. The first kappa shape index (κ1) is 33.7. The van der Waals surface area contributed by atoms with Gasteiger partial charge in [0.2, 0.25) is 0 Å². The number of carbonyl (C=O) groups excluding carboxylic acids is 2. The SMILES string of the molecule is CCn1c(=O)n(C(=O)OC(C)(C)C)c2cc3c(cc21)OC1=C(Cl)C2Nc4cc5c(cc4OC2=C(Cl)C1N3)n(CC)c(=O)n5C(=O)OC(C)(C)C. The van der Waals surface area contributed by atoms with Crippen molar-refractivity contribution in [2.75, 3.05) is 10.6 Å². The number of imidazole rings is 2. The third kappa shape index (κ3) is 5.23. The molecule has 2 aromatic carbocycles. The lowest BCUT2D eigenvalue weighted by Gasteiger charge is -2.39. The van der Waals surface area contributed by atoms with E-state index in [1.165, 1.54) is 9.13 Å². The van der Waals surface area contributed by atoms with Crippen molar-refractivity contribution in [3.8, 4) is 11.5 Å². The predicted octanol–water partition coefficient (Wildman–Crippen LogP) is 6.49. The number of carbonyl (C=O) groups is 2. The summed E-state index contributed by atoms with van der Waals surface area (Å²) in [6, 6.07) is 5.05. The van der Waals surface area contributed by atoms with E-state index in [9.17, 15) is 19.2 Å². The average molecular weight is 728 g/mol. The van der Waals surface area contributed by atoms with Gasteiger partial charge in [-0.1, -0.05) is 23.2 Å². The van der Waals surface area contributed by atoms with Crippen molar-refractivity contribution >= 4 is 68.8 Å². The number of hydrogen-bond acceptors (Lipinski definition) is 10.